The molecule has 2 N–H and O–H groups in total. The SMILES string of the molecule is CC(C)=CCC/C(C)=C/Cn1cnc(=N)c2[nH]cnc21. The Bertz CT molecular complexity index is 698. The molecule has 0 unspecified atom stereocenters. The van der Waals surface area contributed by atoms with E-state index in [-0.39, 0.29) is 5.49 Å². The van der Waals surface area contributed by atoms with Gasteiger partial charge < -0.3 is 9.55 Å². The summed E-state index contributed by atoms with van der Waals surface area (Å²) in [4.78, 5) is 11.3. The molecule has 0 spiro atoms. The number of fused-ring (bicyclic) bond motifs is 1. The molecule has 2 rings (SSSR count). The average Bonchev–Trinajstić information content (AvgIpc) is 2.88. The van der Waals surface area contributed by atoms with Crippen molar-refractivity contribution in [2.75, 3.05) is 0 Å². The highest BCUT2D eigenvalue weighted by molar-refractivity contribution is 5.68. The summed E-state index contributed by atoms with van der Waals surface area (Å²) in [6.45, 7) is 7.12. The molecule has 0 fully saturated rings. The standard InChI is InChI=1S/C15H21N5/c1-11(2)5-4-6-12(3)7-8-20-10-19-14(16)13-15(20)18-9-17-13/h5,7,9-10,16H,4,6,8H2,1-3H3,(H,17,18)/b12-7+,16-14?. The fourth-order valence-electron chi connectivity index (χ4n) is 2.00. The zero-order valence-electron chi connectivity index (χ0n) is 12.3. The summed E-state index contributed by atoms with van der Waals surface area (Å²) in [7, 11) is 0. The Morgan fingerprint density at radius 1 is 1.30 bits per heavy atom. The maximum atomic E-state index is 7.71. The zero-order valence-corrected chi connectivity index (χ0v) is 12.3. The third-order valence-electron chi connectivity index (χ3n) is 3.18. The second kappa shape index (κ2) is 6.32. The first-order valence-corrected chi connectivity index (χ1v) is 6.80. The van der Waals surface area contributed by atoms with Gasteiger partial charge in [-0.2, -0.15) is 0 Å². The van der Waals surface area contributed by atoms with Gasteiger partial charge in [-0.15, -0.1) is 0 Å². The number of nitrogens with one attached hydrogen (secondary N) is 2. The van der Waals surface area contributed by atoms with Gasteiger partial charge >= 0.3 is 0 Å². The molecule has 0 bridgehead atoms. The number of rotatable bonds is 5. The van der Waals surface area contributed by atoms with Gasteiger partial charge in [0.15, 0.2) is 11.1 Å². The molecule has 0 aliphatic rings. The Labute approximate surface area is 118 Å². The molecule has 0 aliphatic heterocycles. The first-order chi connectivity index (χ1) is 9.58. The lowest BCUT2D eigenvalue weighted by molar-refractivity contribution is 0.791. The van der Waals surface area contributed by atoms with E-state index in [9.17, 15) is 0 Å². The third kappa shape index (κ3) is 3.44. The molecular weight excluding hydrogens is 250 g/mol. The predicted octanol–water partition coefficient (Wildman–Crippen LogP) is 2.93. The van der Waals surface area contributed by atoms with Crippen LogP contribution in [0.15, 0.2) is 36.0 Å². The first kappa shape index (κ1) is 14.2. The van der Waals surface area contributed by atoms with Crippen LogP contribution in [0.5, 0.6) is 0 Å². The lowest BCUT2D eigenvalue weighted by Crippen LogP contribution is -2.12. The Kier molecular flexibility index (Phi) is 4.50. The molecule has 0 aromatic carbocycles. The van der Waals surface area contributed by atoms with Crippen LogP contribution in [0.3, 0.4) is 0 Å². The van der Waals surface area contributed by atoms with Crippen molar-refractivity contribution in [2.45, 2.75) is 40.2 Å². The van der Waals surface area contributed by atoms with Crippen molar-refractivity contribution >= 4 is 11.2 Å². The van der Waals surface area contributed by atoms with Crippen LogP contribution in [-0.2, 0) is 6.54 Å². The predicted molar refractivity (Wildman–Crippen MR) is 80.2 cm³/mol. The lowest BCUT2D eigenvalue weighted by Gasteiger charge is -2.05. The minimum absolute atomic E-state index is 0.234. The summed E-state index contributed by atoms with van der Waals surface area (Å²) in [5, 5.41) is 7.71. The quantitative estimate of drug-likeness (QED) is 0.821. The molecule has 0 amide bonds. The van der Waals surface area contributed by atoms with Crippen molar-refractivity contribution in [1.82, 2.24) is 19.5 Å². The highest BCUT2D eigenvalue weighted by atomic mass is 15.1. The molecular formula is C15H21N5. The molecule has 106 valence electrons. The Hall–Kier alpha value is -2.17. The topological polar surface area (TPSA) is 70.3 Å². The van der Waals surface area contributed by atoms with Gasteiger partial charge in [-0.3, -0.25) is 5.41 Å². The second-order valence-electron chi connectivity index (χ2n) is 5.22. The molecule has 20 heavy (non-hydrogen) atoms. The van der Waals surface area contributed by atoms with Crippen molar-refractivity contribution < 1.29 is 0 Å². The second-order valence-corrected chi connectivity index (χ2v) is 5.22. The van der Waals surface area contributed by atoms with Crippen LogP contribution in [0.1, 0.15) is 33.6 Å². The summed E-state index contributed by atoms with van der Waals surface area (Å²) in [5.74, 6) is 0. The van der Waals surface area contributed by atoms with Gasteiger partial charge in [0.1, 0.15) is 5.52 Å². The molecule has 2 aromatic heterocycles. The van der Waals surface area contributed by atoms with Gasteiger partial charge in [-0.05, 0) is 33.6 Å². The van der Waals surface area contributed by atoms with Gasteiger partial charge in [0.2, 0.25) is 0 Å². The van der Waals surface area contributed by atoms with Crippen LogP contribution in [0.4, 0.5) is 0 Å². The Morgan fingerprint density at radius 2 is 2.10 bits per heavy atom. The Morgan fingerprint density at radius 3 is 2.85 bits per heavy atom. The monoisotopic (exact) mass is 271 g/mol. The summed E-state index contributed by atoms with van der Waals surface area (Å²) in [5.41, 5.74) is 4.41. The van der Waals surface area contributed by atoms with Crippen LogP contribution >= 0.6 is 0 Å². The van der Waals surface area contributed by atoms with E-state index in [0.29, 0.717) is 5.52 Å². The summed E-state index contributed by atoms with van der Waals surface area (Å²) < 4.78 is 1.95. The van der Waals surface area contributed by atoms with Crippen molar-refractivity contribution in [2.24, 2.45) is 0 Å². The largest absolute Gasteiger partial charge is 0.340 e. The number of aromatic nitrogens is 4. The normalized spacial score (nSPS) is 11.8. The molecule has 0 saturated carbocycles. The molecule has 5 nitrogen and oxygen atoms in total. The van der Waals surface area contributed by atoms with E-state index in [4.69, 9.17) is 5.41 Å². The van der Waals surface area contributed by atoms with Gasteiger partial charge in [0.25, 0.3) is 0 Å². The molecule has 2 heterocycles. The summed E-state index contributed by atoms with van der Waals surface area (Å²) in [6, 6.07) is 0. The number of hydrogen-bond acceptors (Lipinski definition) is 3. The van der Waals surface area contributed by atoms with E-state index in [1.54, 1.807) is 12.7 Å². The molecule has 0 atom stereocenters. The number of nitrogens with zero attached hydrogens (tertiary/aromatic N) is 3. The number of allylic oxidation sites excluding steroid dienone is 4. The van der Waals surface area contributed by atoms with E-state index in [2.05, 4.69) is 47.9 Å². The van der Waals surface area contributed by atoms with Crippen LogP contribution < -0.4 is 5.49 Å². The number of hydrogen-bond donors (Lipinski definition) is 2. The third-order valence-corrected chi connectivity index (χ3v) is 3.18. The maximum Gasteiger partial charge on any atom is 0.173 e. The minimum atomic E-state index is 0.234. The summed E-state index contributed by atoms with van der Waals surface area (Å²) in [6.07, 6.45) is 9.87. The van der Waals surface area contributed by atoms with E-state index in [1.165, 1.54) is 11.1 Å². The maximum absolute atomic E-state index is 7.71. The van der Waals surface area contributed by atoms with E-state index in [0.717, 1.165) is 25.0 Å². The van der Waals surface area contributed by atoms with Crippen LogP contribution in [0.2, 0.25) is 0 Å². The van der Waals surface area contributed by atoms with Crippen molar-refractivity contribution in [3.63, 3.8) is 0 Å². The number of aromatic amines is 1. The van der Waals surface area contributed by atoms with Gasteiger partial charge in [-0.25, -0.2) is 9.97 Å². The molecule has 2 aromatic rings. The van der Waals surface area contributed by atoms with Gasteiger partial charge in [0, 0.05) is 6.54 Å². The van der Waals surface area contributed by atoms with Crippen LogP contribution in [-0.4, -0.2) is 19.5 Å². The highest BCUT2D eigenvalue weighted by Crippen LogP contribution is 2.08. The van der Waals surface area contributed by atoms with Crippen molar-refractivity contribution in [3.05, 3.63) is 41.4 Å². The number of H-pyrrole nitrogens is 1. The van der Waals surface area contributed by atoms with Gasteiger partial charge in [-0.1, -0.05) is 23.3 Å². The fraction of sp³-hybridized carbons (Fsp3) is 0.400. The van der Waals surface area contributed by atoms with Crippen molar-refractivity contribution in [1.29, 1.82) is 5.41 Å². The smallest absolute Gasteiger partial charge is 0.173 e. The van der Waals surface area contributed by atoms with Crippen LogP contribution in [0, 0.1) is 5.41 Å². The van der Waals surface area contributed by atoms with E-state index < -0.39 is 0 Å². The minimum Gasteiger partial charge on any atom is -0.340 e. The molecule has 0 saturated heterocycles. The molecule has 5 heteroatoms. The molecule has 0 aliphatic carbocycles. The van der Waals surface area contributed by atoms with Gasteiger partial charge in [0.05, 0.1) is 12.7 Å². The Balaban J connectivity index is 2.09. The fourth-order valence-corrected chi connectivity index (χ4v) is 2.00. The van der Waals surface area contributed by atoms with E-state index >= 15 is 0 Å². The lowest BCUT2D eigenvalue weighted by atomic mass is 10.1. The average molecular weight is 271 g/mol. The van der Waals surface area contributed by atoms with Crippen LogP contribution in [0.25, 0.3) is 11.2 Å². The molecule has 0 radical (unpaired) electrons. The zero-order chi connectivity index (χ0) is 14.5. The number of imidazole rings is 1. The van der Waals surface area contributed by atoms with E-state index in [1.807, 2.05) is 4.57 Å². The summed E-state index contributed by atoms with van der Waals surface area (Å²) >= 11 is 0. The first-order valence-electron chi connectivity index (χ1n) is 6.80. The highest BCUT2D eigenvalue weighted by Gasteiger charge is 2.02. The van der Waals surface area contributed by atoms with Crippen molar-refractivity contribution in [3.8, 4) is 0 Å².